The highest BCUT2D eigenvalue weighted by atomic mass is 32.2. The van der Waals surface area contributed by atoms with Crippen molar-refractivity contribution in [2.45, 2.75) is 29.8 Å². The van der Waals surface area contributed by atoms with E-state index in [9.17, 15) is 13.2 Å². The molecule has 1 fully saturated rings. The molecule has 1 saturated heterocycles. The first-order valence-electron chi connectivity index (χ1n) is 9.66. The van der Waals surface area contributed by atoms with Gasteiger partial charge in [0.2, 0.25) is 5.91 Å². The third-order valence-electron chi connectivity index (χ3n) is 4.85. The molecule has 4 rings (SSSR count). The van der Waals surface area contributed by atoms with Gasteiger partial charge in [-0.25, -0.2) is 18.4 Å². The van der Waals surface area contributed by atoms with Crippen LogP contribution in [0.15, 0.2) is 59.8 Å². The summed E-state index contributed by atoms with van der Waals surface area (Å²) in [5, 5.41) is 7.07. The Morgan fingerprint density at radius 2 is 1.83 bits per heavy atom. The Morgan fingerprint density at radius 3 is 2.57 bits per heavy atom. The molecule has 0 saturated carbocycles. The van der Waals surface area contributed by atoms with E-state index in [4.69, 9.17) is 0 Å². The van der Waals surface area contributed by atoms with Crippen LogP contribution in [0.4, 0.5) is 11.5 Å². The number of para-hydroxylation sites is 2. The maximum Gasteiger partial charge on any atom is 0.233 e. The summed E-state index contributed by atoms with van der Waals surface area (Å²) < 4.78 is 23.2. The maximum atomic E-state index is 12.6. The van der Waals surface area contributed by atoms with Crippen LogP contribution in [0.3, 0.4) is 0 Å². The number of carbonyl (C=O) groups is 1. The minimum Gasteiger partial charge on any atom is -0.351 e. The van der Waals surface area contributed by atoms with Crippen LogP contribution < -0.4 is 10.6 Å². The number of amides is 1. The number of hydrogen-bond acceptors (Lipinski definition) is 7. The van der Waals surface area contributed by atoms with Gasteiger partial charge in [-0.05, 0) is 37.6 Å². The van der Waals surface area contributed by atoms with E-state index in [1.165, 1.54) is 11.8 Å². The fraction of sp³-hybridized carbons (Fsp3) is 0.286. The van der Waals surface area contributed by atoms with Gasteiger partial charge in [0.15, 0.2) is 15.0 Å². The number of carbonyl (C=O) groups excluding carboxylic acids is 1. The van der Waals surface area contributed by atoms with E-state index in [-0.39, 0.29) is 23.5 Å². The zero-order chi connectivity index (χ0) is 21.1. The van der Waals surface area contributed by atoms with Crippen molar-refractivity contribution in [3.8, 4) is 0 Å². The van der Waals surface area contributed by atoms with E-state index in [0.717, 1.165) is 16.6 Å². The summed E-state index contributed by atoms with van der Waals surface area (Å²) in [6.45, 7) is 1.77. The molecule has 2 heterocycles. The molecule has 2 atom stereocenters. The minimum absolute atomic E-state index is 0.00768. The topological polar surface area (TPSA) is 101 Å². The van der Waals surface area contributed by atoms with E-state index in [1.54, 1.807) is 6.92 Å². The van der Waals surface area contributed by atoms with Gasteiger partial charge in [0.25, 0.3) is 0 Å². The van der Waals surface area contributed by atoms with Gasteiger partial charge in [0.05, 0.1) is 22.3 Å². The van der Waals surface area contributed by atoms with Crippen LogP contribution in [0, 0.1) is 0 Å². The third kappa shape index (κ3) is 4.91. The number of benzene rings is 2. The van der Waals surface area contributed by atoms with Crippen LogP contribution in [0.2, 0.25) is 0 Å². The number of nitrogens with zero attached hydrogens (tertiary/aromatic N) is 2. The largest absolute Gasteiger partial charge is 0.351 e. The van der Waals surface area contributed by atoms with Gasteiger partial charge in [0, 0.05) is 17.1 Å². The zero-order valence-corrected chi connectivity index (χ0v) is 18.0. The van der Waals surface area contributed by atoms with Crippen molar-refractivity contribution in [3.05, 3.63) is 54.6 Å². The molecule has 30 heavy (non-hydrogen) atoms. The predicted octanol–water partition coefficient (Wildman–Crippen LogP) is 3.16. The summed E-state index contributed by atoms with van der Waals surface area (Å²) in [6.07, 6.45) is 0.461. The van der Waals surface area contributed by atoms with Crippen LogP contribution in [-0.4, -0.2) is 47.1 Å². The Kier molecular flexibility index (Phi) is 5.92. The molecule has 1 aromatic heterocycles. The summed E-state index contributed by atoms with van der Waals surface area (Å²) in [5.41, 5.74) is 1.69. The fourth-order valence-corrected chi connectivity index (χ4v) is 5.76. The van der Waals surface area contributed by atoms with Gasteiger partial charge in [-0.1, -0.05) is 42.1 Å². The summed E-state index contributed by atoms with van der Waals surface area (Å²) in [6, 6.07) is 17.1. The smallest absolute Gasteiger partial charge is 0.233 e. The lowest BCUT2D eigenvalue weighted by Crippen LogP contribution is -2.40. The maximum absolute atomic E-state index is 12.6. The minimum atomic E-state index is -3.04. The number of sulfone groups is 1. The van der Waals surface area contributed by atoms with E-state index < -0.39 is 15.1 Å². The normalized spacial score (nSPS) is 18.8. The Bertz CT molecular complexity index is 1170. The van der Waals surface area contributed by atoms with Gasteiger partial charge < -0.3 is 10.6 Å². The molecular formula is C21H22N4O3S2. The fourth-order valence-electron chi connectivity index (χ4n) is 3.30. The number of nitrogens with one attached hydrogen (secondary N) is 2. The Balaban J connectivity index is 1.53. The van der Waals surface area contributed by atoms with E-state index in [1.807, 2.05) is 54.6 Å². The second kappa shape index (κ2) is 8.61. The van der Waals surface area contributed by atoms with Gasteiger partial charge in [0.1, 0.15) is 5.82 Å². The molecule has 7 nitrogen and oxygen atoms in total. The lowest BCUT2D eigenvalue weighted by Gasteiger charge is -2.16. The second-order valence-corrected chi connectivity index (χ2v) is 10.8. The molecule has 0 radical (unpaired) electrons. The quantitative estimate of drug-likeness (QED) is 0.447. The van der Waals surface area contributed by atoms with Crippen molar-refractivity contribution >= 4 is 49.9 Å². The van der Waals surface area contributed by atoms with Crippen LogP contribution in [0.25, 0.3) is 10.9 Å². The van der Waals surface area contributed by atoms with Crippen LogP contribution in [0.5, 0.6) is 0 Å². The summed E-state index contributed by atoms with van der Waals surface area (Å²) >= 11 is 1.25. The lowest BCUT2D eigenvalue weighted by atomic mass is 10.2. The van der Waals surface area contributed by atoms with Gasteiger partial charge in [-0.15, -0.1) is 0 Å². The monoisotopic (exact) mass is 442 g/mol. The molecule has 1 aliphatic heterocycles. The van der Waals surface area contributed by atoms with E-state index in [2.05, 4.69) is 20.6 Å². The standard InChI is InChI=1S/C21H22N4O3S2/c1-14(20(26)23-16-11-12-30(27,28)13-16)29-21-24-18-10-6-5-9-17(18)19(25-21)22-15-7-3-2-4-8-15/h2-10,14,16H,11-13H2,1H3,(H,23,26)(H,22,24,25)/t14-,16-/m1/s1. The Morgan fingerprint density at radius 1 is 1.10 bits per heavy atom. The number of thioether (sulfide) groups is 1. The van der Waals surface area contributed by atoms with Crippen LogP contribution >= 0.6 is 11.8 Å². The Labute approximate surface area is 179 Å². The first kappa shape index (κ1) is 20.6. The SMILES string of the molecule is C[C@@H](Sc1nc(Nc2ccccc2)c2ccccc2n1)C(=O)N[C@@H]1CCS(=O)(=O)C1. The van der Waals surface area contributed by atoms with E-state index >= 15 is 0 Å². The van der Waals surface area contributed by atoms with Gasteiger partial charge in [-0.3, -0.25) is 4.79 Å². The molecule has 9 heteroatoms. The molecule has 3 aromatic rings. The van der Waals surface area contributed by atoms with Crippen molar-refractivity contribution in [1.82, 2.24) is 15.3 Å². The highest BCUT2D eigenvalue weighted by Crippen LogP contribution is 2.28. The molecule has 1 amide bonds. The molecule has 0 unspecified atom stereocenters. The molecular weight excluding hydrogens is 420 g/mol. The van der Waals surface area contributed by atoms with Crippen molar-refractivity contribution in [3.63, 3.8) is 0 Å². The second-order valence-electron chi connectivity index (χ2n) is 7.23. The van der Waals surface area contributed by atoms with Crippen molar-refractivity contribution in [1.29, 1.82) is 0 Å². The number of rotatable bonds is 6. The first-order valence-corrected chi connectivity index (χ1v) is 12.4. The number of hydrogen-bond donors (Lipinski definition) is 2. The van der Waals surface area contributed by atoms with Gasteiger partial charge >= 0.3 is 0 Å². The number of anilines is 2. The first-order chi connectivity index (χ1) is 14.4. The third-order valence-corrected chi connectivity index (χ3v) is 7.58. The number of aromatic nitrogens is 2. The molecule has 2 aromatic carbocycles. The van der Waals surface area contributed by atoms with Crippen molar-refractivity contribution in [2.75, 3.05) is 16.8 Å². The molecule has 0 aliphatic carbocycles. The average Bonchev–Trinajstić information content (AvgIpc) is 3.07. The van der Waals surface area contributed by atoms with Crippen LogP contribution in [-0.2, 0) is 14.6 Å². The molecule has 156 valence electrons. The Hall–Kier alpha value is -2.65. The van der Waals surface area contributed by atoms with E-state index in [0.29, 0.717) is 17.4 Å². The van der Waals surface area contributed by atoms with Crippen molar-refractivity contribution < 1.29 is 13.2 Å². The number of fused-ring (bicyclic) bond motifs is 1. The highest BCUT2D eigenvalue weighted by molar-refractivity contribution is 8.00. The lowest BCUT2D eigenvalue weighted by molar-refractivity contribution is -0.120. The summed E-state index contributed by atoms with van der Waals surface area (Å²) in [4.78, 5) is 21.8. The van der Waals surface area contributed by atoms with Crippen molar-refractivity contribution in [2.24, 2.45) is 0 Å². The molecule has 2 N–H and O–H groups in total. The average molecular weight is 443 g/mol. The zero-order valence-electron chi connectivity index (χ0n) is 16.4. The summed E-state index contributed by atoms with van der Waals surface area (Å²) in [5.74, 6) is 0.593. The van der Waals surface area contributed by atoms with Gasteiger partial charge in [-0.2, -0.15) is 0 Å². The molecule has 0 bridgehead atoms. The van der Waals surface area contributed by atoms with Crippen LogP contribution in [0.1, 0.15) is 13.3 Å². The highest BCUT2D eigenvalue weighted by Gasteiger charge is 2.30. The predicted molar refractivity (Wildman–Crippen MR) is 120 cm³/mol. The molecule has 1 aliphatic rings. The summed E-state index contributed by atoms with van der Waals surface area (Å²) in [7, 11) is -3.04. The molecule has 0 spiro atoms.